The number of amides is 1. The van der Waals surface area contributed by atoms with E-state index in [2.05, 4.69) is 29.1 Å². The van der Waals surface area contributed by atoms with Crippen LogP contribution in [-0.4, -0.2) is 15.9 Å². The molecule has 1 amide bonds. The van der Waals surface area contributed by atoms with E-state index in [0.29, 0.717) is 34.5 Å². The smallest absolute Gasteiger partial charge is 0.255 e. The van der Waals surface area contributed by atoms with Gasteiger partial charge < -0.3 is 10.1 Å². The van der Waals surface area contributed by atoms with Crippen molar-refractivity contribution in [3.8, 4) is 23.0 Å². The Balaban J connectivity index is 1.42. The number of nitrogens with zero attached hydrogens (tertiary/aromatic N) is 2. The zero-order valence-electron chi connectivity index (χ0n) is 17.7. The molecule has 0 unspecified atom stereocenters. The molecule has 0 atom stereocenters. The van der Waals surface area contributed by atoms with E-state index in [1.807, 2.05) is 24.3 Å². The van der Waals surface area contributed by atoms with Gasteiger partial charge in [-0.1, -0.05) is 26.0 Å². The molecule has 5 nitrogen and oxygen atoms in total. The van der Waals surface area contributed by atoms with Gasteiger partial charge in [-0.3, -0.25) is 4.79 Å². The second-order valence-electron chi connectivity index (χ2n) is 7.58. The fourth-order valence-electron chi connectivity index (χ4n) is 3.09. The highest BCUT2D eigenvalue weighted by molar-refractivity contribution is 6.04. The third kappa shape index (κ3) is 5.16. The molecule has 0 spiro atoms. The summed E-state index contributed by atoms with van der Waals surface area (Å²) in [6.45, 7) is 4.25. The third-order valence-electron chi connectivity index (χ3n) is 4.91. The summed E-state index contributed by atoms with van der Waals surface area (Å²) < 4.78 is 18.9. The third-order valence-corrected chi connectivity index (χ3v) is 4.91. The van der Waals surface area contributed by atoms with E-state index < -0.39 is 0 Å². The van der Waals surface area contributed by atoms with Crippen LogP contribution in [0.5, 0.6) is 11.6 Å². The second-order valence-corrected chi connectivity index (χ2v) is 7.58. The van der Waals surface area contributed by atoms with Crippen LogP contribution >= 0.6 is 0 Å². The van der Waals surface area contributed by atoms with Crippen LogP contribution in [0, 0.1) is 5.82 Å². The van der Waals surface area contributed by atoms with Crippen LogP contribution < -0.4 is 10.1 Å². The number of nitrogens with one attached hydrogen (secondary N) is 1. The summed E-state index contributed by atoms with van der Waals surface area (Å²) in [5.41, 5.74) is 3.16. The van der Waals surface area contributed by atoms with Crippen molar-refractivity contribution in [2.75, 3.05) is 5.32 Å². The predicted molar refractivity (Wildman–Crippen MR) is 122 cm³/mol. The lowest BCUT2D eigenvalue weighted by Crippen LogP contribution is -2.11. The Morgan fingerprint density at radius 1 is 0.906 bits per heavy atom. The van der Waals surface area contributed by atoms with Crippen LogP contribution in [0.15, 0.2) is 85.1 Å². The number of hydrogen-bond donors (Lipinski definition) is 1. The van der Waals surface area contributed by atoms with Gasteiger partial charge in [-0.25, -0.2) is 9.37 Å². The van der Waals surface area contributed by atoms with E-state index in [9.17, 15) is 9.18 Å². The van der Waals surface area contributed by atoms with E-state index in [1.54, 1.807) is 48.7 Å². The molecular formula is C26H22FN3O2. The quantitative estimate of drug-likeness (QED) is 0.384. The summed E-state index contributed by atoms with van der Waals surface area (Å²) in [6.07, 6.45) is 1.58. The Labute approximate surface area is 185 Å². The highest BCUT2D eigenvalue weighted by Gasteiger charge is 2.09. The fourth-order valence-corrected chi connectivity index (χ4v) is 3.09. The minimum atomic E-state index is -0.321. The monoisotopic (exact) mass is 427 g/mol. The van der Waals surface area contributed by atoms with E-state index >= 15 is 0 Å². The molecule has 0 aliphatic heterocycles. The van der Waals surface area contributed by atoms with Crippen molar-refractivity contribution < 1.29 is 13.9 Å². The molecule has 0 radical (unpaired) electrons. The van der Waals surface area contributed by atoms with Gasteiger partial charge in [0.25, 0.3) is 5.91 Å². The Kier molecular flexibility index (Phi) is 6.22. The Morgan fingerprint density at radius 2 is 1.59 bits per heavy atom. The molecule has 0 saturated carbocycles. The van der Waals surface area contributed by atoms with E-state index in [-0.39, 0.29) is 11.7 Å². The zero-order chi connectivity index (χ0) is 22.5. The maximum absolute atomic E-state index is 13.1. The van der Waals surface area contributed by atoms with Crippen molar-refractivity contribution in [3.63, 3.8) is 0 Å². The minimum absolute atomic E-state index is 0.200. The lowest BCUT2D eigenvalue weighted by molar-refractivity contribution is 0.102. The molecule has 160 valence electrons. The largest absolute Gasteiger partial charge is 0.439 e. The topological polar surface area (TPSA) is 64.1 Å². The van der Waals surface area contributed by atoms with Crippen molar-refractivity contribution in [1.82, 2.24) is 9.97 Å². The highest BCUT2D eigenvalue weighted by Crippen LogP contribution is 2.23. The molecule has 0 saturated heterocycles. The summed E-state index contributed by atoms with van der Waals surface area (Å²) in [4.78, 5) is 21.1. The van der Waals surface area contributed by atoms with Crippen LogP contribution in [0.1, 0.15) is 35.7 Å². The Bertz CT molecular complexity index is 1210. The van der Waals surface area contributed by atoms with Crippen LogP contribution in [0.2, 0.25) is 0 Å². The van der Waals surface area contributed by atoms with Crippen molar-refractivity contribution in [3.05, 3.63) is 102 Å². The summed E-state index contributed by atoms with van der Waals surface area (Å²) in [5, 5.41) is 2.90. The summed E-state index contributed by atoms with van der Waals surface area (Å²) in [6, 6.07) is 22.2. The van der Waals surface area contributed by atoms with Crippen LogP contribution in [0.25, 0.3) is 11.4 Å². The standard InChI is InChI=1S/C26H22FN3O2/c1-17(2)18-5-11-22(12-6-18)29-26(31)20-7-13-23(14-8-20)32-24-15-16-28-25(30-24)19-3-9-21(27)10-4-19/h3-17H,1-2H3,(H,29,31). The van der Waals surface area contributed by atoms with Gasteiger partial charge in [-0.15, -0.1) is 0 Å². The first-order valence-electron chi connectivity index (χ1n) is 10.3. The SMILES string of the molecule is CC(C)c1ccc(NC(=O)c2ccc(Oc3ccnc(-c4ccc(F)cc4)n3)cc2)cc1. The normalized spacial score (nSPS) is 10.8. The lowest BCUT2D eigenvalue weighted by atomic mass is 10.0. The van der Waals surface area contributed by atoms with Gasteiger partial charge in [0.15, 0.2) is 5.82 Å². The number of halogens is 1. The second kappa shape index (κ2) is 9.39. The number of ether oxygens (including phenoxy) is 1. The van der Waals surface area contributed by atoms with Crippen molar-refractivity contribution in [1.29, 1.82) is 0 Å². The van der Waals surface area contributed by atoms with E-state index in [4.69, 9.17) is 4.74 Å². The van der Waals surface area contributed by atoms with E-state index in [0.717, 1.165) is 5.69 Å². The Morgan fingerprint density at radius 3 is 2.25 bits per heavy atom. The van der Waals surface area contributed by atoms with Crippen LogP contribution in [-0.2, 0) is 0 Å². The molecule has 0 aliphatic rings. The maximum atomic E-state index is 13.1. The van der Waals surface area contributed by atoms with Gasteiger partial charge >= 0.3 is 0 Å². The first-order valence-corrected chi connectivity index (χ1v) is 10.3. The van der Waals surface area contributed by atoms with Gasteiger partial charge in [0.05, 0.1) is 0 Å². The zero-order valence-corrected chi connectivity index (χ0v) is 17.7. The number of benzene rings is 3. The van der Waals surface area contributed by atoms with Crippen LogP contribution in [0.4, 0.5) is 10.1 Å². The fraction of sp³-hybridized carbons (Fsp3) is 0.115. The van der Waals surface area contributed by atoms with Gasteiger partial charge in [-0.2, -0.15) is 4.98 Å². The van der Waals surface area contributed by atoms with Gasteiger partial charge in [0.1, 0.15) is 11.6 Å². The average molecular weight is 427 g/mol. The number of carbonyl (C=O) groups excluding carboxylic acids is 1. The van der Waals surface area contributed by atoms with E-state index in [1.165, 1.54) is 17.7 Å². The first kappa shape index (κ1) is 21.2. The van der Waals surface area contributed by atoms with Crippen LogP contribution in [0.3, 0.4) is 0 Å². The van der Waals surface area contributed by atoms with Crippen molar-refractivity contribution in [2.45, 2.75) is 19.8 Å². The predicted octanol–water partition coefficient (Wildman–Crippen LogP) is 6.45. The first-order chi connectivity index (χ1) is 15.5. The number of aromatic nitrogens is 2. The van der Waals surface area contributed by atoms with Gasteiger partial charge in [-0.05, 0) is 72.1 Å². The minimum Gasteiger partial charge on any atom is -0.439 e. The van der Waals surface area contributed by atoms with Gasteiger partial charge in [0, 0.05) is 29.1 Å². The molecule has 1 aromatic heterocycles. The maximum Gasteiger partial charge on any atom is 0.255 e. The van der Waals surface area contributed by atoms with Crippen molar-refractivity contribution >= 4 is 11.6 Å². The van der Waals surface area contributed by atoms with Crippen molar-refractivity contribution in [2.24, 2.45) is 0 Å². The molecule has 4 aromatic rings. The average Bonchev–Trinajstić information content (AvgIpc) is 2.80. The molecule has 3 aromatic carbocycles. The molecule has 0 fully saturated rings. The molecule has 6 heteroatoms. The summed E-state index contributed by atoms with van der Waals surface area (Å²) >= 11 is 0. The number of carbonyl (C=O) groups is 1. The lowest BCUT2D eigenvalue weighted by Gasteiger charge is -2.09. The Hall–Kier alpha value is -4.06. The molecule has 1 heterocycles. The number of anilines is 1. The molecule has 0 bridgehead atoms. The summed E-state index contributed by atoms with van der Waals surface area (Å²) in [5.74, 6) is 1.23. The number of hydrogen-bond acceptors (Lipinski definition) is 4. The molecule has 1 N–H and O–H groups in total. The summed E-state index contributed by atoms with van der Waals surface area (Å²) in [7, 11) is 0. The highest BCUT2D eigenvalue weighted by atomic mass is 19.1. The molecular weight excluding hydrogens is 405 g/mol. The molecule has 0 aliphatic carbocycles. The number of rotatable bonds is 6. The molecule has 32 heavy (non-hydrogen) atoms. The van der Waals surface area contributed by atoms with Gasteiger partial charge in [0.2, 0.25) is 5.88 Å². The molecule has 4 rings (SSSR count).